The second kappa shape index (κ2) is 10.6. The summed E-state index contributed by atoms with van der Waals surface area (Å²) < 4.78 is 0. The van der Waals surface area contributed by atoms with Gasteiger partial charge in [-0.2, -0.15) is 0 Å². The van der Waals surface area contributed by atoms with Gasteiger partial charge in [-0.25, -0.2) is 6.57 Å². The van der Waals surface area contributed by atoms with Crippen molar-refractivity contribution in [2.24, 2.45) is 0 Å². The molecule has 0 aromatic heterocycles. The average molecular weight is 411 g/mol. The van der Waals surface area contributed by atoms with Crippen LogP contribution in [0.15, 0.2) is 24.3 Å². The van der Waals surface area contributed by atoms with E-state index in [0.29, 0.717) is 18.4 Å². The van der Waals surface area contributed by atoms with Crippen LogP contribution in [0.2, 0.25) is 0 Å². The summed E-state index contributed by atoms with van der Waals surface area (Å²) in [5.41, 5.74) is 0.934. The minimum atomic E-state index is -0.797. The van der Waals surface area contributed by atoms with Gasteiger partial charge in [0, 0.05) is 37.4 Å². The van der Waals surface area contributed by atoms with Crippen molar-refractivity contribution in [2.75, 3.05) is 44.2 Å². The fourth-order valence-corrected chi connectivity index (χ4v) is 4.68. The SMILES string of the molecule is [C-]#[N+]CCC(=O)C1(NC(=O)c2ccc(N3CCN(CCC)CC3)cc2)CCCCC1. The molecule has 1 aromatic rings. The van der Waals surface area contributed by atoms with Gasteiger partial charge in [0.05, 0.1) is 12.0 Å². The first kappa shape index (κ1) is 22.3. The van der Waals surface area contributed by atoms with Crippen molar-refractivity contribution in [3.8, 4) is 0 Å². The van der Waals surface area contributed by atoms with Crippen LogP contribution in [-0.4, -0.2) is 61.4 Å². The molecule has 0 spiro atoms. The molecule has 1 saturated carbocycles. The number of amides is 1. The summed E-state index contributed by atoms with van der Waals surface area (Å²) >= 11 is 0. The summed E-state index contributed by atoms with van der Waals surface area (Å²) in [6.07, 6.45) is 5.72. The van der Waals surface area contributed by atoms with Crippen LogP contribution in [0.1, 0.15) is 62.2 Å². The first-order valence-corrected chi connectivity index (χ1v) is 11.3. The van der Waals surface area contributed by atoms with E-state index >= 15 is 0 Å². The molecule has 0 unspecified atom stereocenters. The molecule has 1 aromatic carbocycles. The quantitative estimate of drug-likeness (QED) is 0.666. The molecule has 1 aliphatic heterocycles. The predicted molar refractivity (Wildman–Crippen MR) is 120 cm³/mol. The Morgan fingerprint density at radius 2 is 1.73 bits per heavy atom. The first-order valence-electron chi connectivity index (χ1n) is 11.3. The molecule has 0 bridgehead atoms. The van der Waals surface area contributed by atoms with Crippen LogP contribution in [0.5, 0.6) is 0 Å². The maximum atomic E-state index is 13.0. The smallest absolute Gasteiger partial charge is 0.252 e. The highest BCUT2D eigenvalue weighted by atomic mass is 16.2. The van der Waals surface area contributed by atoms with E-state index in [4.69, 9.17) is 6.57 Å². The average Bonchev–Trinajstić information content (AvgIpc) is 2.79. The normalized spacial score (nSPS) is 19.1. The maximum absolute atomic E-state index is 13.0. The Morgan fingerprint density at radius 3 is 2.33 bits per heavy atom. The summed E-state index contributed by atoms with van der Waals surface area (Å²) in [5, 5.41) is 3.06. The van der Waals surface area contributed by atoms with Crippen molar-refractivity contribution in [3.63, 3.8) is 0 Å². The lowest BCUT2D eigenvalue weighted by Gasteiger charge is -2.37. The Bertz CT molecular complexity index is 754. The third kappa shape index (κ3) is 5.40. The second-order valence-electron chi connectivity index (χ2n) is 8.53. The van der Waals surface area contributed by atoms with Gasteiger partial charge in [-0.3, -0.25) is 14.5 Å². The molecule has 2 aliphatic rings. The fraction of sp³-hybridized carbons (Fsp3) is 0.625. The van der Waals surface area contributed by atoms with E-state index in [2.05, 4.69) is 26.9 Å². The van der Waals surface area contributed by atoms with Crippen molar-refractivity contribution >= 4 is 17.4 Å². The minimum absolute atomic E-state index is 0.00752. The number of anilines is 1. The van der Waals surface area contributed by atoms with Crippen molar-refractivity contribution in [1.29, 1.82) is 0 Å². The standard InChI is InChI=1S/C24H34N4O2/c1-3-15-27-16-18-28(19-17-27)21-9-7-20(8-10-21)23(30)26-24(12-5-4-6-13-24)22(29)11-14-25-2/h7-10H,3-6,11-19H2,1H3,(H,26,30). The van der Waals surface area contributed by atoms with Crippen LogP contribution >= 0.6 is 0 Å². The number of ketones is 1. The topological polar surface area (TPSA) is 57.0 Å². The Morgan fingerprint density at radius 1 is 1.07 bits per heavy atom. The Labute approximate surface area is 180 Å². The first-order chi connectivity index (χ1) is 14.6. The van der Waals surface area contributed by atoms with Crippen molar-refractivity contribution in [1.82, 2.24) is 10.2 Å². The van der Waals surface area contributed by atoms with E-state index in [1.54, 1.807) is 0 Å². The van der Waals surface area contributed by atoms with Crippen LogP contribution < -0.4 is 10.2 Å². The molecule has 1 N–H and O–H groups in total. The summed E-state index contributed by atoms with van der Waals surface area (Å²) in [4.78, 5) is 33.9. The molecule has 6 heteroatoms. The van der Waals surface area contributed by atoms with E-state index in [1.807, 2.05) is 24.3 Å². The fourth-order valence-electron chi connectivity index (χ4n) is 4.68. The molecule has 0 radical (unpaired) electrons. The van der Waals surface area contributed by atoms with Gasteiger partial charge < -0.3 is 15.1 Å². The highest BCUT2D eigenvalue weighted by molar-refractivity contribution is 6.00. The summed E-state index contributed by atoms with van der Waals surface area (Å²) in [7, 11) is 0. The largest absolute Gasteiger partial charge is 0.369 e. The number of carbonyl (C=O) groups is 2. The van der Waals surface area contributed by atoms with Gasteiger partial charge in [0.15, 0.2) is 5.78 Å². The monoisotopic (exact) mass is 410 g/mol. The number of nitrogens with one attached hydrogen (secondary N) is 1. The predicted octanol–water partition coefficient (Wildman–Crippen LogP) is 3.53. The highest BCUT2D eigenvalue weighted by Crippen LogP contribution is 2.30. The number of carbonyl (C=O) groups excluding carboxylic acids is 2. The molecule has 6 nitrogen and oxygen atoms in total. The van der Waals surface area contributed by atoms with E-state index < -0.39 is 5.54 Å². The van der Waals surface area contributed by atoms with Gasteiger partial charge in [-0.05, 0) is 50.1 Å². The van der Waals surface area contributed by atoms with Crippen LogP contribution in [-0.2, 0) is 4.79 Å². The van der Waals surface area contributed by atoms with E-state index in [-0.39, 0.29) is 24.7 Å². The highest BCUT2D eigenvalue weighted by Gasteiger charge is 2.40. The van der Waals surface area contributed by atoms with Gasteiger partial charge in [0.1, 0.15) is 0 Å². The van der Waals surface area contributed by atoms with E-state index in [9.17, 15) is 9.59 Å². The molecule has 162 valence electrons. The third-order valence-electron chi connectivity index (χ3n) is 6.45. The number of hydrogen-bond donors (Lipinski definition) is 1. The van der Waals surface area contributed by atoms with Crippen LogP contribution in [0.25, 0.3) is 4.85 Å². The second-order valence-corrected chi connectivity index (χ2v) is 8.53. The molecular weight excluding hydrogens is 376 g/mol. The van der Waals surface area contributed by atoms with Crippen molar-refractivity contribution in [3.05, 3.63) is 41.2 Å². The van der Waals surface area contributed by atoms with Gasteiger partial charge >= 0.3 is 0 Å². The lowest BCUT2D eigenvalue weighted by atomic mass is 9.77. The van der Waals surface area contributed by atoms with E-state index in [1.165, 1.54) is 6.42 Å². The number of rotatable bonds is 8. The van der Waals surface area contributed by atoms with Crippen LogP contribution in [0.3, 0.4) is 0 Å². The van der Waals surface area contributed by atoms with Gasteiger partial charge in [-0.1, -0.05) is 26.2 Å². The summed E-state index contributed by atoms with van der Waals surface area (Å²) in [6, 6.07) is 7.75. The number of piperazine rings is 1. The zero-order chi connectivity index (χ0) is 21.4. The molecular formula is C24H34N4O2. The molecule has 1 heterocycles. The summed E-state index contributed by atoms with van der Waals surface area (Å²) in [6.45, 7) is 14.7. The Kier molecular flexibility index (Phi) is 7.87. The maximum Gasteiger partial charge on any atom is 0.252 e. The third-order valence-corrected chi connectivity index (χ3v) is 6.45. The summed E-state index contributed by atoms with van der Waals surface area (Å²) in [5.74, 6) is -0.180. The lowest BCUT2D eigenvalue weighted by Crippen LogP contribution is -2.55. The van der Waals surface area contributed by atoms with Crippen molar-refractivity contribution in [2.45, 2.75) is 57.4 Å². The van der Waals surface area contributed by atoms with Crippen LogP contribution in [0.4, 0.5) is 5.69 Å². The van der Waals surface area contributed by atoms with Crippen molar-refractivity contribution < 1.29 is 9.59 Å². The minimum Gasteiger partial charge on any atom is -0.369 e. The molecule has 2 fully saturated rings. The van der Waals surface area contributed by atoms with Gasteiger partial charge in [0.25, 0.3) is 5.91 Å². The van der Waals surface area contributed by atoms with Gasteiger partial charge in [-0.15, -0.1) is 0 Å². The number of benzene rings is 1. The molecule has 1 amide bonds. The molecule has 30 heavy (non-hydrogen) atoms. The Balaban J connectivity index is 1.63. The number of nitrogens with zero attached hydrogens (tertiary/aromatic N) is 3. The molecule has 1 saturated heterocycles. The lowest BCUT2D eigenvalue weighted by molar-refractivity contribution is -0.126. The Hall–Kier alpha value is -2.39. The van der Waals surface area contributed by atoms with E-state index in [0.717, 1.165) is 57.7 Å². The number of Topliss-reactive ketones (excluding diaryl/α,β-unsaturated/α-hetero) is 1. The molecule has 1 aliphatic carbocycles. The zero-order valence-electron chi connectivity index (χ0n) is 18.2. The van der Waals surface area contributed by atoms with Gasteiger partial charge in [0.2, 0.25) is 6.54 Å². The number of hydrogen-bond acceptors (Lipinski definition) is 4. The van der Waals surface area contributed by atoms with Crippen LogP contribution in [0, 0.1) is 6.57 Å². The zero-order valence-corrected chi connectivity index (χ0v) is 18.2. The molecule has 3 rings (SSSR count). The molecule has 0 atom stereocenters.